The predicted molar refractivity (Wildman–Crippen MR) is 96.9 cm³/mol. The Morgan fingerprint density at radius 1 is 1.30 bits per heavy atom. The largest absolute Gasteiger partial charge is 0.521 e. The normalized spacial score (nSPS) is 16.4. The molecule has 0 aliphatic carbocycles. The highest BCUT2D eigenvalue weighted by atomic mass is 16.6. The molecular formula is C17H24N3O7+. The highest BCUT2D eigenvalue weighted by molar-refractivity contribution is 5.84. The number of hydrogen-bond acceptors (Lipinski definition) is 7. The number of nitrogens with zero attached hydrogens (tertiary/aromatic N) is 2. The number of rotatable bonds is 5. The number of nitro benzene ring substituents is 1. The van der Waals surface area contributed by atoms with Crippen molar-refractivity contribution in [3.63, 3.8) is 0 Å². The molecule has 1 aliphatic heterocycles. The van der Waals surface area contributed by atoms with Crippen LogP contribution in [-0.4, -0.2) is 60.5 Å². The number of hydrogen-bond donors (Lipinski definition) is 2. The third-order valence-electron chi connectivity index (χ3n) is 4.07. The quantitative estimate of drug-likeness (QED) is 0.449. The number of quaternary nitrogens is 1. The minimum Gasteiger partial charge on any atom is -0.479 e. The van der Waals surface area contributed by atoms with Crippen LogP contribution in [0.4, 0.5) is 16.2 Å². The molecule has 1 heterocycles. The lowest BCUT2D eigenvalue weighted by Gasteiger charge is -2.38. The molecule has 1 fully saturated rings. The standard InChI is InChI=1S/C17H23N3O7/c1-17(2,3)27-16(23)20(8-6-18-7-9-20)12-4-5-14(26-11-15(21)22)13(10-12)19(24)25/h4-5,10,18H,6-9,11H2,1-3H3/p+1. The second kappa shape index (κ2) is 7.89. The Hall–Kier alpha value is -2.72. The van der Waals surface area contributed by atoms with Crippen LogP contribution in [0.2, 0.25) is 0 Å². The topological polar surface area (TPSA) is 128 Å². The summed E-state index contributed by atoms with van der Waals surface area (Å²) < 4.78 is 10.4. The molecule has 2 N–H and O–H groups in total. The summed E-state index contributed by atoms with van der Waals surface area (Å²) in [7, 11) is 0. The van der Waals surface area contributed by atoms with Crippen LogP contribution in [0.1, 0.15) is 20.8 Å². The summed E-state index contributed by atoms with van der Waals surface area (Å²) in [5.41, 5.74) is -0.697. The van der Waals surface area contributed by atoms with Gasteiger partial charge in [-0.1, -0.05) is 0 Å². The Bertz CT molecular complexity index is 737. The summed E-state index contributed by atoms with van der Waals surface area (Å²) in [4.78, 5) is 34.4. The van der Waals surface area contributed by atoms with Gasteiger partial charge < -0.3 is 19.9 Å². The van der Waals surface area contributed by atoms with Gasteiger partial charge in [0.1, 0.15) is 18.7 Å². The van der Waals surface area contributed by atoms with Gasteiger partial charge in [0.15, 0.2) is 18.0 Å². The Morgan fingerprint density at radius 2 is 1.93 bits per heavy atom. The van der Waals surface area contributed by atoms with Crippen LogP contribution in [0, 0.1) is 10.1 Å². The molecule has 10 heteroatoms. The number of nitro groups is 1. The van der Waals surface area contributed by atoms with Crippen LogP contribution < -0.4 is 14.5 Å². The van der Waals surface area contributed by atoms with Crippen molar-refractivity contribution in [2.45, 2.75) is 26.4 Å². The number of nitrogens with one attached hydrogen (secondary N) is 1. The van der Waals surface area contributed by atoms with Gasteiger partial charge in [-0.2, -0.15) is 9.28 Å². The van der Waals surface area contributed by atoms with Crippen LogP contribution in [0.15, 0.2) is 18.2 Å². The van der Waals surface area contributed by atoms with E-state index in [1.54, 1.807) is 26.8 Å². The Balaban J connectivity index is 2.46. The van der Waals surface area contributed by atoms with Crippen molar-refractivity contribution in [2.75, 3.05) is 32.8 Å². The molecule has 0 unspecified atom stereocenters. The van der Waals surface area contributed by atoms with E-state index in [2.05, 4.69) is 5.32 Å². The maximum atomic E-state index is 13.0. The molecule has 1 aromatic rings. The molecule has 0 atom stereocenters. The average molecular weight is 382 g/mol. The number of benzene rings is 1. The minimum atomic E-state index is -1.24. The lowest BCUT2D eigenvalue weighted by atomic mass is 10.1. The number of carboxylic acid groups (broad SMARTS) is 1. The summed E-state index contributed by atoms with van der Waals surface area (Å²) >= 11 is 0. The fourth-order valence-corrected chi connectivity index (χ4v) is 2.85. The van der Waals surface area contributed by atoms with Crippen molar-refractivity contribution in [1.29, 1.82) is 0 Å². The highest BCUT2D eigenvalue weighted by Crippen LogP contribution is 2.36. The van der Waals surface area contributed by atoms with Gasteiger partial charge >= 0.3 is 17.7 Å². The lowest BCUT2D eigenvalue weighted by molar-refractivity contribution is -0.385. The number of carbonyl (C=O) groups excluding carboxylic acids is 1. The molecule has 1 amide bonds. The molecule has 1 aliphatic rings. The number of piperazine rings is 1. The Morgan fingerprint density at radius 3 is 2.44 bits per heavy atom. The predicted octanol–water partition coefficient (Wildman–Crippen LogP) is 1.90. The van der Waals surface area contributed by atoms with Gasteiger partial charge in [0.05, 0.1) is 11.0 Å². The molecule has 1 saturated heterocycles. The van der Waals surface area contributed by atoms with Crippen molar-refractivity contribution >= 4 is 23.4 Å². The van der Waals surface area contributed by atoms with Crippen LogP contribution in [0.5, 0.6) is 5.75 Å². The summed E-state index contributed by atoms with van der Waals surface area (Å²) in [5.74, 6) is -1.41. The van der Waals surface area contributed by atoms with Crippen LogP contribution >= 0.6 is 0 Å². The van der Waals surface area contributed by atoms with Crippen molar-refractivity contribution in [3.05, 3.63) is 28.3 Å². The molecule has 148 valence electrons. The SMILES string of the molecule is CC(C)(C)OC(=O)[N+]1(c2ccc(OCC(=O)O)c([N+](=O)[O-])c2)CCNCC1. The van der Waals surface area contributed by atoms with Gasteiger partial charge in [-0.15, -0.1) is 0 Å². The fraction of sp³-hybridized carbons (Fsp3) is 0.529. The van der Waals surface area contributed by atoms with Crippen LogP contribution in [0.3, 0.4) is 0 Å². The minimum absolute atomic E-state index is 0.163. The van der Waals surface area contributed by atoms with Crippen molar-refractivity contribution in [3.8, 4) is 5.75 Å². The molecule has 0 saturated carbocycles. The smallest absolute Gasteiger partial charge is 0.479 e. The van der Waals surface area contributed by atoms with E-state index in [4.69, 9.17) is 14.6 Å². The molecule has 2 rings (SSSR count). The van der Waals surface area contributed by atoms with Gasteiger partial charge in [0.2, 0.25) is 0 Å². The number of carboxylic acids is 1. The summed E-state index contributed by atoms with van der Waals surface area (Å²) in [6.07, 6.45) is -0.488. The van der Waals surface area contributed by atoms with E-state index in [1.165, 1.54) is 12.1 Å². The van der Waals surface area contributed by atoms with E-state index < -0.39 is 34.9 Å². The number of carbonyl (C=O) groups is 2. The van der Waals surface area contributed by atoms with Gasteiger partial charge in [-0.25, -0.2) is 4.79 Å². The van der Waals surface area contributed by atoms with E-state index in [1.807, 2.05) is 0 Å². The fourth-order valence-electron chi connectivity index (χ4n) is 2.85. The summed E-state index contributed by atoms with van der Waals surface area (Å²) in [6.45, 7) is 6.42. The molecular weight excluding hydrogens is 358 g/mol. The molecule has 10 nitrogen and oxygen atoms in total. The third kappa shape index (κ3) is 4.92. The monoisotopic (exact) mass is 382 g/mol. The van der Waals surface area contributed by atoms with Crippen molar-refractivity contribution in [2.24, 2.45) is 0 Å². The first-order valence-corrected chi connectivity index (χ1v) is 8.50. The highest BCUT2D eigenvalue weighted by Gasteiger charge is 2.45. The van der Waals surface area contributed by atoms with Gasteiger partial charge in [-0.3, -0.25) is 10.1 Å². The number of ether oxygens (including phenoxy) is 2. The maximum Gasteiger partial charge on any atom is 0.521 e. The summed E-state index contributed by atoms with van der Waals surface area (Å²) in [5, 5.41) is 23.3. The molecule has 0 aromatic heterocycles. The van der Waals surface area contributed by atoms with E-state index in [0.717, 1.165) is 0 Å². The number of amides is 1. The molecule has 1 aromatic carbocycles. The second-order valence-corrected chi connectivity index (χ2v) is 7.24. The zero-order valence-corrected chi connectivity index (χ0v) is 15.6. The van der Waals surface area contributed by atoms with Crippen molar-refractivity contribution < 1.29 is 29.1 Å². The zero-order valence-electron chi connectivity index (χ0n) is 15.6. The maximum absolute atomic E-state index is 13.0. The molecule has 0 spiro atoms. The van der Waals surface area contributed by atoms with Crippen LogP contribution in [0.25, 0.3) is 0 Å². The number of aliphatic carboxylic acids is 1. The Labute approximate surface area is 156 Å². The first kappa shape index (κ1) is 20.6. The van der Waals surface area contributed by atoms with Gasteiger partial charge in [-0.05, 0) is 26.8 Å². The first-order valence-electron chi connectivity index (χ1n) is 8.50. The first-order chi connectivity index (χ1) is 12.5. The van der Waals surface area contributed by atoms with E-state index in [0.29, 0.717) is 31.9 Å². The lowest BCUT2D eigenvalue weighted by Crippen LogP contribution is -2.64. The van der Waals surface area contributed by atoms with Gasteiger partial charge in [0, 0.05) is 19.2 Å². The summed E-state index contributed by atoms with van der Waals surface area (Å²) in [6, 6.07) is 4.12. The van der Waals surface area contributed by atoms with Gasteiger partial charge in [0.25, 0.3) is 0 Å². The molecule has 27 heavy (non-hydrogen) atoms. The van der Waals surface area contributed by atoms with Crippen LogP contribution in [-0.2, 0) is 9.53 Å². The second-order valence-electron chi connectivity index (χ2n) is 7.24. The van der Waals surface area contributed by atoms with E-state index in [-0.39, 0.29) is 10.2 Å². The van der Waals surface area contributed by atoms with E-state index >= 15 is 0 Å². The zero-order chi connectivity index (χ0) is 20.2. The Kier molecular flexibility index (Phi) is 6.01. The molecule has 0 radical (unpaired) electrons. The third-order valence-corrected chi connectivity index (χ3v) is 4.07. The molecule has 0 bridgehead atoms. The average Bonchev–Trinajstić information content (AvgIpc) is 2.58. The van der Waals surface area contributed by atoms with E-state index in [9.17, 15) is 19.7 Å². The van der Waals surface area contributed by atoms with Crippen molar-refractivity contribution in [1.82, 2.24) is 9.80 Å².